The maximum absolute atomic E-state index is 11.8. The molecule has 0 fully saturated rings. The van der Waals surface area contributed by atoms with E-state index in [1.165, 1.54) is 5.56 Å². The van der Waals surface area contributed by atoms with E-state index in [-0.39, 0.29) is 18.0 Å². The van der Waals surface area contributed by atoms with Crippen molar-refractivity contribution in [1.82, 2.24) is 16.0 Å². The second-order valence-electron chi connectivity index (χ2n) is 7.22. The van der Waals surface area contributed by atoms with Crippen LogP contribution in [-0.4, -0.2) is 44.1 Å². The van der Waals surface area contributed by atoms with E-state index < -0.39 is 0 Å². The molecule has 0 aliphatic heterocycles. The molecule has 0 aliphatic rings. The summed E-state index contributed by atoms with van der Waals surface area (Å²) in [6.07, 6.45) is 0. The molecule has 1 amide bonds. The molecule has 3 N–H and O–H groups in total. The second-order valence-corrected chi connectivity index (χ2v) is 7.22. The molecule has 1 aromatic carbocycles. The van der Waals surface area contributed by atoms with Gasteiger partial charge in [-0.1, -0.05) is 26.0 Å². The first-order valence-corrected chi connectivity index (χ1v) is 8.69. The monoisotopic (exact) mass is 348 g/mol. The molecular formula is C19H32N4O2. The van der Waals surface area contributed by atoms with Gasteiger partial charge in [-0.05, 0) is 44.4 Å². The van der Waals surface area contributed by atoms with Gasteiger partial charge in [0.15, 0.2) is 5.96 Å². The fourth-order valence-electron chi connectivity index (χ4n) is 2.13. The van der Waals surface area contributed by atoms with Crippen molar-refractivity contribution in [2.75, 3.05) is 26.7 Å². The number of guanidine groups is 1. The first-order chi connectivity index (χ1) is 11.7. The summed E-state index contributed by atoms with van der Waals surface area (Å²) in [6, 6.07) is 8.14. The van der Waals surface area contributed by atoms with Gasteiger partial charge < -0.3 is 20.7 Å². The summed E-state index contributed by atoms with van der Waals surface area (Å²) in [5.41, 5.74) is 1.05. The molecule has 0 saturated heterocycles. The van der Waals surface area contributed by atoms with Crippen molar-refractivity contribution in [2.24, 2.45) is 4.99 Å². The fourth-order valence-corrected chi connectivity index (χ4v) is 2.13. The molecule has 0 spiro atoms. The number of nitrogens with zero attached hydrogens (tertiary/aromatic N) is 1. The van der Waals surface area contributed by atoms with E-state index in [2.05, 4.69) is 46.9 Å². The van der Waals surface area contributed by atoms with Crippen LogP contribution in [0.3, 0.4) is 0 Å². The molecular weight excluding hydrogens is 316 g/mol. The third-order valence-corrected chi connectivity index (χ3v) is 3.36. The Labute approximate surface area is 151 Å². The van der Waals surface area contributed by atoms with Crippen LogP contribution in [0.1, 0.15) is 46.1 Å². The Hall–Kier alpha value is -2.24. The first kappa shape index (κ1) is 20.8. The number of carbonyl (C=O) groups excluding carboxylic acids is 1. The van der Waals surface area contributed by atoms with Gasteiger partial charge in [-0.3, -0.25) is 9.79 Å². The van der Waals surface area contributed by atoms with E-state index in [4.69, 9.17) is 4.74 Å². The van der Waals surface area contributed by atoms with E-state index in [1.54, 1.807) is 7.05 Å². The molecule has 140 valence electrons. The highest BCUT2D eigenvalue weighted by Gasteiger charge is 2.13. The molecule has 6 nitrogen and oxygen atoms in total. The summed E-state index contributed by atoms with van der Waals surface area (Å²) in [5, 5.41) is 8.99. The minimum absolute atomic E-state index is 0.0723. The van der Waals surface area contributed by atoms with Crippen LogP contribution in [0.15, 0.2) is 29.3 Å². The smallest absolute Gasteiger partial charge is 0.239 e. The van der Waals surface area contributed by atoms with E-state index in [0.29, 0.717) is 25.0 Å². The van der Waals surface area contributed by atoms with E-state index in [0.717, 1.165) is 5.75 Å². The quantitative estimate of drug-likeness (QED) is 0.401. The zero-order valence-electron chi connectivity index (χ0n) is 16.3. The van der Waals surface area contributed by atoms with Crippen molar-refractivity contribution < 1.29 is 9.53 Å². The zero-order valence-corrected chi connectivity index (χ0v) is 16.3. The van der Waals surface area contributed by atoms with Crippen LogP contribution in [0.2, 0.25) is 0 Å². The average molecular weight is 348 g/mol. The molecule has 0 radical (unpaired) electrons. The van der Waals surface area contributed by atoms with Crippen LogP contribution < -0.4 is 20.7 Å². The number of benzene rings is 1. The third kappa shape index (κ3) is 8.98. The Morgan fingerprint density at radius 3 is 2.32 bits per heavy atom. The van der Waals surface area contributed by atoms with E-state index in [1.807, 2.05) is 32.9 Å². The number of hydrogen-bond acceptors (Lipinski definition) is 3. The standard InChI is InChI=1S/C19H32N4O2/c1-14(2)15-7-9-16(10-8-15)25-12-11-21-18(20-6)22-13-17(24)23-19(3,4)5/h7-10,14H,11-13H2,1-6H3,(H,23,24)(H2,20,21,22). The van der Waals surface area contributed by atoms with Crippen LogP contribution in [0.4, 0.5) is 0 Å². The highest BCUT2D eigenvalue weighted by Crippen LogP contribution is 2.18. The lowest BCUT2D eigenvalue weighted by Gasteiger charge is -2.21. The maximum Gasteiger partial charge on any atom is 0.239 e. The number of nitrogens with one attached hydrogen (secondary N) is 3. The minimum Gasteiger partial charge on any atom is -0.492 e. The first-order valence-electron chi connectivity index (χ1n) is 8.69. The molecule has 0 bridgehead atoms. The summed E-state index contributed by atoms with van der Waals surface area (Å²) in [6.45, 7) is 11.5. The van der Waals surface area contributed by atoms with Crippen molar-refractivity contribution in [1.29, 1.82) is 0 Å². The van der Waals surface area contributed by atoms with Gasteiger partial charge in [-0.25, -0.2) is 0 Å². The Bertz CT molecular complexity index is 560. The molecule has 0 atom stereocenters. The van der Waals surface area contributed by atoms with Gasteiger partial charge in [0.1, 0.15) is 12.4 Å². The lowest BCUT2D eigenvalue weighted by atomic mass is 10.0. The predicted octanol–water partition coefficient (Wildman–Crippen LogP) is 2.27. The molecule has 1 rings (SSSR count). The van der Waals surface area contributed by atoms with Crippen LogP contribution in [0.5, 0.6) is 5.75 Å². The van der Waals surface area contributed by atoms with Crippen LogP contribution in [0, 0.1) is 0 Å². The predicted molar refractivity (Wildman–Crippen MR) is 103 cm³/mol. The normalized spacial score (nSPS) is 12.0. The number of aliphatic imine (C=N–C) groups is 1. The average Bonchev–Trinajstić information content (AvgIpc) is 2.53. The fraction of sp³-hybridized carbons (Fsp3) is 0.579. The topological polar surface area (TPSA) is 74.8 Å². The van der Waals surface area contributed by atoms with Crippen molar-refractivity contribution in [3.8, 4) is 5.75 Å². The largest absolute Gasteiger partial charge is 0.492 e. The Kier molecular flexibility index (Phi) is 8.25. The van der Waals surface area contributed by atoms with Crippen molar-refractivity contribution in [3.63, 3.8) is 0 Å². The van der Waals surface area contributed by atoms with Gasteiger partial charge in [0.05, 0.1) is 13.1 Å². The number of carbonyl (C=O) groups is 1. The molecule has 25 heavy (non-hydrogen) atoms. The van der Waals surface area contributed by atoms with Crippen molar-refractivity contribution in [3.05, 3.63) is 29.8 Å². The molecule has 0 aromatic heterocycles. The summed E-state index contributed by atoms with van der Waals surface area (Å²) in [4.78, 5) is 15.9. The SMILES string of the molecule is CN=C(NCCOc1ccc(C(C)C)cc1)NCC(=O)NC(C)(C)C. The molecule has 6 heteroatoms. The zero-order chi connectivity index (χ0) is 18.9. The molecule has 0 unspecified atom stereocenters. The Morgan fingerprint density at radius 1 is 1.16 bits per heavy atom. The molecule has 0 heterocycles. The summed E-state index contributed by atoms with van der Waals surface area (Å²) >= 11 is 0. The van der Waals surface area contributed by atoms with E-state index >= 15 is 0 Å². The summed E-state index contributed by atoms with van der Waals surface area (Å²) < 4.78 is 5.70. The molecule has 0 saturated carbocycles. The van der Waals surface area contributed by atoms with Crippen molar-refractivity contribution >= 4 is 11.9 Å². The van der Waals surface area contributed by atoms with Gasteiger partial charge in [-0.2, -0.15) is 0 Å². The van der Waals surface area contributed by atoms with E-state index in [9.17, 15) is 4.79 Å². The maximum atomic E-state index is 11.8. The lowest BCUT2D eigenvalue weighted by molar-refractivity contribution is -0.121. The Morgan fingerprint density at radius 2 is 1.80 bits per heavy atom. The van der Waals surface area contributed by atoms with Gasteiger partial charge in [0, 0.05) is 12.6 Å². The molecule has 0 aliphatic carbocycles. The number of rotatable bonds is 7. The highest BCUT2D eigenvalue weighted by molar-refractivity contribution is 5.86. The molecule has 1 aromatic rings. The number of ether oxygens (including phenoxy) is 1. The Balaban J connectivity index is 2.28. The minimum atomic E-state index is -0.241. The summed E-state index contributed by atoms with van der Waals surface area (Å²) in [7, 11) is 1.67. The highest BCUT2D eigenvalue weighted by atomic mass is 16.5. The van der Waals surface area contributed by atoms with Crippen LogP contribution in [-0.2, 0) is 4.79 Å². The number of hydrogen-bond donors (Lipinski definition) is 3. The van der Waals surface area contributed by atoms with Gasteiger partial charge in [0.2, 0.25) is 5.91 Å². The van der Waals surface area contributed by atoms with Crippen molar-refractivity contribution in [2.45, 2.75) is 46.1 Å². The summed E-state index contributed by atoms with van der Waals surface area (Å²) in [5.74, 6) is 1.86. The van der Waals surface area contributed by atoms with Gasteiger partial charge in [-0.15, -0.1) is 0 Å². The van der Waals surface area contributed by atoms with Crippen LogP contribution in [0.25, 0.3) is 0 Å². The second kappa shape index (κ2) is 9.91. The van der Waals surface area contributed by atoms with Crippen LogP contribution >= 0.6 is 0 Å². The number of amides is 1. The lowest BCUT2D eigenvalue weighted by Crippen LogP contribution is -2.48. The van der Waals surface area contributed by atoms with Gasteiger partial charge in [0.25, 0.3) is 0 Å². The third-order valence-electron chi connectivity index (χ3n) is 3.36. The van der Waals surface area contributed by atoms with Gasteiger partial charge >= 0.3 is 0 Å².